The van der Waals surface area contributed by atoms with Crippen molar-refractivity contribution in [2.24, 2.45) is 0 Å². The molecule has 3 heterocycles. The Morgan fingerprint density at radius 2 is 2.19 bits per heavy atom. The van der Waals surface area contributed by atoms with Crippen LogP contribution in [0.4, 0.5) is 10.1 Å². The van der Waals surface area contributed by atoms with E-state index in [0.29, 0.717) is 11.3 Å². The van der Waals surface area contributed by atoms with Gasteiger partial charge in [0, 0.05) is 24.3 Å². The molecular formula is C20H25FN4OS. The molecule has 0 N–H and O–H groups in total. The third-order valence-electron chi connectivity index (χ3n) is 5.99. The molecule has 2 aliphatic rings. The predicted octanol–water partition coefficient (Wildman–Crippen LogP) is 3.90. The Morgan fingerprint density at radius 3 is 2.93 bits per heavy atom. The van der Waals surface area contributed by atoms with Crippen molar-refractivity contribution in [3.05, 3.63) is 40.7 Å². The number of nitrogens with zero attached hydrogens (tertiary/aromatic N) is 4. The molecule has 1 amide bonds. The molecule has 144 valence electrons. The first-order chi connectivity index (χ1) is 12.9. The second-order valence-electron chi connectivity index (χ2n) is 8.24. The molecule has 2 aliphatic heterocycles. The number of rotatable bonds is 3. The van der Waals surface area contributed by atoms with Crippen LogP contribution in [0.1, 0.15) is 55.4 Å². The lowest BCUT2D eigenvalue weighted by atomic mass is 9.87. The van der Waals surface area contributed by atoms with Gasteiger partial charge in [-0.2, -0.15) is 0 Å². The van der Waals surface area contributed by atoms with E-state index in [2.05, 4.69) is 28.3 Å². The zero-order valence-electron chi connectivity index (χ0n) is 16.0. The Bertz CT molecular complexity index is 867. The van der Waals surface area contributed by atoms with Gasteiger partial charge in [0.2, 0.25) is 0 Å². The molecule has 2 saturated heterocycles. The summed E-state index contributed by atoms with van der Waals surface area (Å²) in [5, 5.41) is 4.11. The third kappa shape index (κ3) is 3.02. The number of halogens is 1. The summed E-state index contributed by atoms with van der Waals surface area (Å²) in [6.45, 7) is 7.84. The molecule has 7 heteroatoms. The molecule has 4 rings (SSSR count). The van der Waals surface area contributed by atoms with Gasteiger partial charge in [0.1, 0.15) is 10.7 Å². The number of carbonyl (C=O) groups excluding carboxylic acids is 1. The van der Waals surface area contributed by atoms with E-state index in [0.717, 1.165) is 43.7 Å². The smallest absolute Gasteiger partial charge is 0.268 e. The van der Waals surface area contributed by atoms with Gasteiger partial charge in [-0.25, -0.2) is 4.39 Å². The van der Waals surface area contributed by atoms with E-state index in [1.807, 2.05) is 17.9 Å². The van der Waals surface area contributed by atoms with Crippen LogP contribution >= 0.6 is 11.5 Å². The van der Waals surface area contributed by atoms with Crippen LogP contribution in [0.25, 0.3) is 0 Å². The van der Waals surface area contributed by atoms with Crippen molar-refractivity contribution < 1.29 is 9.18 Å². The fourth-order valence-corrected chi connectivity index (χ4v) is 5.58. The number of benzene rings is 1. The van der Waals surface area contributed by atoms with Crippen molar-refractivity contribution in [1.82, 2.24) is 14.5 Å². The molecule has 1 aromatic carbocycles. The fraction of sp³-hybridized carbons (Fsp3) is 0.550. The Labute approximate surface area is 163 Å². The van der Waals surface area contributed by atoms with Gasteiger partial charge < -0.3 is 9.80 Å². The van der Waals surface area contributed by atoms with Gasteiger partial charge in [-0.1, -0.05) is 17.5 Å². The second kappa shape index (κ2) is 6.55. The van der Waals surface area contributed by atoms with E-state index in [-0.39, 0.29) is 22.8 Å². The zero-order chi connectivity index (χ0) is 19.2. The average molecular weight is 389 g/mol. The predicted molar refractivity (Wildman–Crippen MR) is 105 cm³/mol. The lowest BCUT2D eigenvalue weighted by Gasteiger charge is -2.35. The van der Waals surface area contributed by atoms with E-state index in [4.69, 9.17) is 0 Å². The minimum Gasteiger partial charge on any atom is -0.364 e. The lowest BCUT2D eigenvalue weighted by molar-refractivity contribution is 0.0621. The molecule has 2 fully saturated rings. The number of aromatic nitrogens is 2. The van der Waals surface area contributed by atoms with Crippen molar-refractivity contribution >= 4 is 23.1 Å². The first-order valence-electron chi connectivity index (χ1n) is 9.53. The van der Waals surface area contributed by atoms with E-state index in [9.17, 15) is 9.18 Å². The normalized spacial score (nSPS) is 24.1. The van der Waals surface area contributed by atoms with E-state index in [1.54, 1.807) is 12.1 Å². The molecule has 0 saturated carbocycles. The summed E-state index contributed by atoms with van der Waals surface area (Å²) >= 11 is 1.19. The highest BCUT2D eigenvalue weighted by atomic mass is 32.1. The standard InChI is InChI=1S/C20H25FN4OS/c1-4-16-17(27-23-22-16)18(26)24-10-6-9-20(24)12-19(2,3)25(13-20)15-8-5-7-14(21)11-15/h5,7-8,11H,4,6,9-10,12-13H2,1-3H3. The molecular weight excluding hydrogens is 363 g/mol. The first-order valence-corrected chi connectivity index (χ1v) is 10.3. The van der Waals surface area contributed by atoms with Crippen LogP contribution in [0.5, 0.6) is 0 Å². The molecule has 0 radical (unpaired) electrons. The fourth-order valence-electron chi connectivity index (χ4n) is 4.88. The largest absolute Gasteiger partial charge is 0.364 e. The maximum Gasteiger partial charge on any atom is 0.268 e. The van der Waals surface area contributed by atoms with Gasteiger partial charge in [0.15, 0.2) is 0 Å². The maximum atomic E-state index is 13.8. The lowest BCUT2D eigenvalue weighted by Crippen LogP contribution is -2.49. The first kappa shape index (κ1) is 18.3. The maximum absolute atomic E-state index is 13.8. The second-order valence-corrected chi connectivity index (χ2v) is 9.00. The van der Waals surface area contributed by atoms with Crippen molar-refractivity contribution in [3.8, 4) is 0 Å². The minimum atomic E-state index is -0.230. The monoisotopic (exact) mass is 388 g/mol. The number of hydrogen-bond acceptors (Lipinski definition) is 5. The number of amides is 1. The molecule has 1 unspecified atom stereocenters. The van der Waals surface area contributed by atoms with Crippen LogP contribution in [0, 0.1) is 5.82 Å². The highest BCUT2D eigenvalue weighted by Gasteiger charge is 2.55. The van der Waals surface area contributed by atoms with Crippen LogP contribution in [0.15, 0.2) is 24.3 Å². The van der Waals surface area contributed by atoms with E-state index < -0.39 is 0 Å². The zero-order valence-corrected chi connectivity index (χ0v) is 16.9. The van der Waals surface area contributed by atoms with Gasteiger partial charge in [0.05, 0.1) is 11.2 Å². The topological polar surface area (TPSA) is 49.3 Å². The van der Waals surface area contributed by atoms with E-state index >= 15 is 0 Å². The number of carbonyl (C=O) groups is 1. The summed E-state index contributed by atoms with van der Waals surface area (Å²) < 4.78 is 17.8. The molecule has 27 heavy (non-hydrogen) atoms. The highest BCUT2D eigenvalue weighted by molar-refractivity contribution is 7.08. The van der Waals surface area contributed by atoms with Gasteiger partial charge in [-0.15, -0.1) is 5.10 Å². The summed E-state index contributed by atoms with van der Waals surface area (Å²) in [5.41, 5.74) is 1.29. The van der Waals surface area contributed by atoms with Crippen LogP contribution in [0.3, 0.4) is 0 Å². The van der Waals surface area contributed by atoms with Crippen molar-refractivity contribution in [1.29, 1.82) is 0 Å². The summed E-state index contributed by atoms with van der Waals surface area (Å²) in [4.78, 5) is 18.3. The Balaban J connectivity index is 1.67. The Kier molecular flexibility index (Phi) is 4.45. The summed E-state index contributed by atoms with van der Waals surface area (Å²) in [6, 6.07) is 6.76. The molecule has 5 nitrogen and oxygen atoms in total. The van der Waals surface area contributed by atoms with Gasteiger partial charge in [-0.3, -0.25) is 4.79 Å². The highest BCUT2D eigenvalue weighted by Crippen LogP contribution is 2.47. The average Bonchev–Trinajstić information content (AvgIpc) is 3.31. The van der Waals surface area contributed by atoms with E-state index in [1.165, 1.54) is 17.6 Å². The van der Waals surface area contributed by atoms with Gasteiger partial charge >= 0.3 is 0 Å². The summed E-state index contributed by atoms with van der Waals surface area (Å²) in [5.74, 6) is -0.178. The van der Waals surface area contributed by atoms with Gasteiger partial charge in [0.25, 0.3) is 5.91 Å². The third-order valence-corrected chi connectivity index (χ3v) is 6.75. The van der Waals surface area contributed by atoms with Crippen molar-refractivity contribution in [2.75, 3.05) is 18.0 Å². The van der Waals surface area contributed by atoms with Gasteiger partial charge in [-0.05, 0) is 69.3 Å². The Hall–Kier alpha value is -2.02. The quantitative estimate of drug-likeness (QED) is 0.800. The van der Waals surface area contributed by atoms with Crippen LogP contribution in [-0.2, 0) is 6.42 Å². The van der Waals surface area contributed by atoms with Crippen LogP contribution in [-0.4, -0.2) is 44.6 Å². The minimum absolute atomic E-state index is 0.0521. The Morgan fingerprint density at radius 1 is 1.37 bits per heavy atom. The number of aryl methyl sites for hydroxylation is 1. The number of anilines is 1. The van der Waals surface area contributed by atoms with Crippen LogP contribution in [0.2, 0.25) is 0 Å². The van der Waals surface area contributed by atoms with Crippen LogP contribution < -0.4 is 4.90 Å². The molecule has 0 aliphatic carbocycles. The van der Waals surface area contributed by atoms with Crippen molar-refractivity contribution in [3.63, 3.8) is 0 Å². The van der Waals surface area contributed by atoms with Crippen molar-refractivity contribution in [2.45, 2.75) is 57.5 Å². The number of hydrogen-bond donors (Lipinski definition) is 0. The number of likely N-dealkylation sites (tertiary alicyclic amines) is 1. The summed E-state index contributed by atoms with van der Waals surface area (Å²) in [7, 11) is 0. The molecule has 1 atom stereocenters. The SMILES string of the molecule is CCc1nnsc1C(=O)N1CCCC12CN(c1cccc(F)c1)C(C)(C)C2. The molecule has 2 aromatic rings. The molecule has 0 bridgehead atoms. The molecule has 1 aromatic heterocycles. The molecule has 1 spiro atoms. The summed E-state index contributed by atoms with van der Waals surface area (Å²) in [6.07, 6.45) is 3.55.